The van der Waals surface area contributed by atoms with Crippen LogP contribution in [-0.4, -0.2) is 19.7 Å². The molecule has 0 fully saturated rings. The number of methoxy groups -OCH3 is 1. The summed E-state index contributed by atoms with van der Waals surface area (Å²) in [6, 6.07) is 2.80. The van der Waals surface area contributed by atoms with Gasteiger partial charge in [0.1, 0.15) is 5.75 Å². The fourth-order valence-electron chi connectivity index (χ4n) is 1.21. The first-order valence-electron chi connectivity index (χ1n) is 4.41. The van der Waals surface area contributed by atoms with Crippen LogP contribution in [0.3, 0.4) is 0 Å². The van der Waals surface area contributed by atoms with E-state index in [1.54, 1.807) is 0 Å². The summed E-state index contributed by atoms with van der Waals surface area (Å²) in [6.07, 6.45) is 0. The van der Waals surface area contributed by atoms with Crippen molar-refractivity contribution in [3.8, 4) is 5.75 Å². The lowest BCUT2D eigenvalue weighted by Gasteiger charge is -2.12. The molecule has 0 spiro atoms. The van der Waals surface area contributed by atoms with E-state index in [1.807, 2.05) is 0 Å². The number of rotatable bonds is 4. The van der Waals surface area contributed by atoms with Gasteiger partial charge >= 0.3 is 12.6 Å². The molecule has 7 heteroatoms. The summed E-state index contributed by atoms with van der Waals surface area (Å²) in [6.45, 7) is -2.92. The molecule has 17 heavy (non-hydrogen) atoms. The maximum atomic E-state index is 12.2. The van der Waals surface area contributed by atoms with Crippen LogP contribution in [0, 0.1) is 0 Å². The van der Waals surface area contributed by atoms with Crippen LogP contribution in [0.2, 0.25) is 0 Å². The van der Waals surface area contributed by atoms with Crippen molar-refractivity contribution in [1.82, 2.24) is 0 Å². The van der Waals surface area contributed by atoms with E-state index < -0.39 is 12.6 Å². The summed E-state index contributed by atoms with van der Waals surface area (Å²) in [4.78, 5) is 11.3. The van der Waals surface area contributed by atoms with Gasteiger partial charge in [-0.25, -0.2) is 4.79 Å². The molecule has 0 bridgehead atoms. The SMILES string of the molecule is COC(=O)c1cc(Br)c(OC(F)F)c(CBr)c1. The van der Waals surface area contributed by atoms with E-state index in [2.05, 4.69) is 41.3 Å². The van der Waals surface area contributed by atoms with E-state index in [9.17, 15) is 13.6 Å². The number of hydrogen-bond donors (Lipinski definition) is 0. The van der Waals surface area contributed by atoms with Crippen LogP contribution in [0.1, 0.15) is 15.9 Å². The van der Waals surface area contributed by atoms with E-state index in [0.29, 0.717) is 5.56 Å². The van der Waals surface area contributed by atoms with Gasteiger partial charge in [-0.05, 0) is 28.1 Å². The van der Waals surface area contributed by atoms with Crippen molar-refractivity contribution in [1.29, 1.82) is 0 Å². The predicted molar refractivity (Wildman–Crippen MR) is 64.7 cm³/mol. The van der Waals surface area contributed by atoms with Crippen LogP contribution in [0.4, 0.5) is 8.78 Å². The second kappa shape index (κ2) is 6.30. The quantitative estimate of drug-likeness (QED) is 0.595. The van der Waals surface area contributed by atoms with Crippen molar-refractivity contribution >= 4 is 37.8 Å². The highest BCUT2D eigenvalue weighted by molar-refractivity contribution is 9.10. The van der Waals surface area contributed by atoms with Gasteiger partial charge in [0, 0.05) is 10.9 Å². The molecule has 94 valence electrons. The molecule has 0 N–H and O–H groups in total. The van der Waals surface area contributed by atoms with Crippen molar-refractivity contribution in [2.75, 3.05) is 7.11 Å². The molecule has 0 atom stereocenters. The third-order valence-corrected chi connectivity index (χ3v) is 3.09. The zero-order chi connectivity index (χ0) is 13.0. The van der Waals surface area contributed by atoms with Gasteiger partial charge in [0.2, 0.25) is 0 Å². The summed E-state index contributed by atoms with van der Waals surface area (Å²) < 4.78 is 33.6. The molecule has 0 saturated carbocycles. The highest BCUT2D eigenvalue weighted by Gasteiger charge is 2.17. The Morgan fingerprint density at radius 3 is 2.59 bits per heavy atom. The fourth-order valence-corrected chi connectivity index (χ4v) is 2.22. The normalized spacial score (nSPS) is 10.5. The van der Waals surface area contributed by atoms with Gasteiger partial charge in [-0.2, -0.15) is 8.78 Å². The van der Waals surface area contributed by atoms with Crippen LogP contribution in [0.5, 0.6) is 5.75 Å². The highest BCUT2D eigenvalue weighted by atomic mass is 79.9. The molecule has 0 aliphatic heterocycles. The maximum absolute atomic E-state index is 12.2. The van der Waals surface area contributed by atoms with Gasteiger partial charge in [-0.3, -0.25) is 0 Å². The fraction of sp³-hybridized carbons (Fsp3) is 0.300. The topological polar surface area (TPSA) is 35.5 Å². The molecule has 1 rings (SSSR count). The maximum Gasteiger partial charge on any atom is 0.387 e. The number of alkyl halides is 3. The van der Waals surface area contributed by atoms with Crippen molar-refractivity contribution in [2.45, 2.75) is 11.9 Å². The van der Waals surface area contributed by atoms with Crippen LogP contribution < -0.4 is 4.74 Å². The van der Waals surface area contributed by atoms with Crippen LogP contribution in [0.15, 0.2) is 16.6 Å². The number of carbonyl (C=O) groups is 1. The van der Waals surface area contributed by atoms with Crippen molar-refractivity contribution in [2.24, 2.45) is 0 Å². The largest absolute Gasteiger partial charge is 0.465 e. The number of esters is 1. The average molecular weight is 374 g/mol. The molecule has 3 nitrogen and oxygen atoms in total. The van der Waals surface area contributed by atoms with Gasteiger partial charge in [0.15, 0.2) is 0 Å². The summed E-state index contributed by atoms with van der Waals surface area (Å²) in [5.41, 5.74) is 0.690. The van der Waals surface area contributed by atoms with E-state index in [0.717, 1.165) is 0 Å². The molecular weight excluding hydrogens is 366 g/mol. The monoisotopic (exact) mass is 372 g/mol. The smallest absolute Gasteiger partial charge is 0.387 e. The number of carbonyl (C=O) groups excluding carboxylic acids is 1. The zero-order valence-electron chi connectivity index (χ0n) is 8.68. The van der Waals surface area contributed by atoms with E-state index in [4.69, 9.17) is 0 Å². The summed E-state index contributed by atoms with van der Waals surface area (Å²) in [5.74, 6) is -0.541. The van der Waals surface area contributed by atoms with Crippen LogP contribution in [-0.2, 0) is 10.1 Å². The van der Waals surface area contributed by atoms with Gasteiger partial charge < -0.3 is 9.47 Å². The first-order valence-corrected chi connectivity index (χ1v) is 6.32. The van der Waals surface area contributed by atoms with E-state index in [1.165, 1.54) is 19.2 Å². The standard InChI is InChI=1S/C10H8Br2F2O3/c1-16-9(15)5-2-6(4-11)8(7(12)3-5)17-10(13)14/h2-3,10H,4H2,1H3. The van der Waals surface area contributed by atoms with Gasteiger partial charge in [-0.1, -0.05) is 15.9 Å². The van der Waals surface area contributed by atoms with E-state index >= 15 is 0 Å². The highest BCUT2D eigenvalue weighted by Crippen LogP contribution is 2.33. The Morgan fingerprint density at radius 2 is 2.12 bits per heavy atom. The number of benzene rings is 1. The molecule has 1 aromatic rings. The Morgan fingerprint density at radius 1 is 1.47 bits per heavy atom. The second-order valence-corrected chi connectivity index (χ2v) is 4.37. The molecule has 0 amide bonds. The minimum atomic E-state index is -2.92. The molecular formula is C10H8Br2F2O3. The number of ether oxygens (including phenoxy) is 2. The van der Waals surface area contributed by atoms with Crippen molar-refractivity contribution in [3.63, 3.8) is 0 Å². The second-order valence-electron chi connectivity index (χ2n) is 2.95. The Labute approximate surface area is 113 Å². The summed E-state index contributed by atoms with van der Waals surface area (Å²) >= 11 is 6.22. The van der Waals surface area contributed by atoms with Gasteiger partial charge in [0.25, 0.3) is 0 Å². The Balaban J connectivity index is 3.20. The molecule has 0 aromatic heterocycles. The molecule has 1 aromatic carbocycles. The third-order valence-electron chi connectivity index (χ3n) is 1.89. The Hall–Kier alpha value is -0.690. The summed E-state index contributed by atoms with van der Waals surface area (Å²) in [5, 5.41) is 0.276. The van der Waals surface area contributed by atoms with Crippen molar-refractivity contribution < 1.29 is 23.0 Å². The minimum absolute atomic E-state index is 0.00419. The van der Waals surface area contributed by atoms with E-state index in [-0.39, 0.29) is 21.1 Å². The minimum Gasteiger partial charge on any atom is -0.465 e. The molecule has 0 saturated heterocycles. The average Bonchev–Trinajstić information content (AvgIpc) is 2.29. The first-order chi connectivity index (χ1) is 7.99. The zero-order valence-corrected chi connectivity index (χ0v) is 11.8. The lowest BCUT2D eigenvalue weighted by Crippen LogP contribution is -2.07. The first kappa shape index (κ1) is 14.4. The number of hydrogen-bond acceptors (Lipinski definition) is 3. The molecule has 0 heterocycles. The van der Waals surface area contributed by atoms with Gasteiger partial charge in [0.05, 0.1) is 17.1 Å². The molecule has 0 aliphatic carbocycles. The third kappa shape index (κ3) is 3.64. The molecule has 0 aliphatic rings. The lowest BCUT2D eigenvalue weighted by atomic mass is 10.1. The van der Waals surface area contributed by atoms with Crippen molar-refractivity contribution in [3.05, 3.63) is 27.7 Å². The molecule has 0 unspecified atom stereocenters. The lowest BCUT2D eigenvalue weighted by molar-refractivity contribution is -0.0508. The Bertz CT molecular complexity index is 424. The van der Waals surface area contributed by atoms with Gasteiger partial charge in [-0.15, -0.1) is 0 Å². The number of halogens is 4. The summed E-state index contributed by atoms with van der Waals surface area (Å²) in [7, 11) is 1.24. The predicted octanol–water partition coefficient (Wildman–Crippen LogP) is 3.73. The van der Waals surface area contributed by atoms with Crippen LogP contribution >= 0.6 is 31.9 Å². The van der Waals surface area contributed by atoms with Crippen LogP contribution in [0.25, 0.3) is 0 Å². The molecule has 0 radical (unpaired) electrons. The Kier molecular flexibility index (Phi) is 5.32.